The van der Waals surface area contributed by atoms with E-state index >= 15 is 0 Å². The molecule has 1 saturated heterocycles. The summed E-state index contributed by atoms with van der Waals surface area (Å²) in [5.41, 5.74) is 0. The van der Waals surface area contributed by atoms with E-state index in [9.17, 15) is 9.59 Å². The van der Waals surface area contributed by atoms with E-state index in [2.05, 4.69) is 10.2 Å². The summed E-state index contributed by atoms with van der Waals surface area (Å²) < 4.78 is 0. The number of amides is 1. The van der Waals surface area contributed by atoms with Crippen molar-refractivity contribution >= 4 is 11.9 Å². The largest absolute Gasteiger partial charge is 0.480 e. The zero-order valence-corrected chi connectivity index (χ0v) is 9.19. The predicted molar refractivity (Wildman–Crippen MR) is 55.5 cm³/mol. The summed E-state index contributed by atoms with van der Waals surface area (Å²) in [4.78, 5) is 24.3. The molecule has 86 valence electrons. The van der Waals surface area contributed by atoms with E-state index in [1.807, 2.05) is 7.05 Å². The molecule has 0 spiro atoms. The van der Waals surface area contributed by atoms with Gasteiger partial charge >= 0.3 is 5.97 Å². The van der Waals surface area contributed by atoms with Crippen LogP contribution in [0.25, 0.3) is 0 Å². The minimum atomic E-state index is -0.993. The highest BCUT2D eigenvalue weighted by Crippen LogP contribution is 2.15. The molecule has 0 saturated carbocycles. The van der Waals surface area contributed by atoms with E-state index in [0.29, 0.717) is 0 Å². The van der Waals surface area contributed by atoms with Crippen molar-refractivity contribution in [1.29, 1.82) is 0 Å². The van der Waals surface area contributed by atoms with Crippen LogP contribution in [-0.2, 0) is 9.59 Å². The zero-order chi connectivity index (χ0) is 11.4. The summed E-state index contributed by atoms with van der Waals surface area (Å²) in [6.45, 7) is 3.21. The van der Waals surface area contributed by atoms with Crippen LogP contribution in [0, 0.1) is 5.92 Å². The number of carboxylic acids is 1. The summed E-state index contributed by atoms with van der Waals surface area (Å²) in [6, 6.07) is -0.801. The summed E-state index contributed by atoms with van der Waals surface area (Å²) >= 11 is 0. The van der Waals surface area contributed by atoms with Crippen LogP contribution >= 0.6 is 0 Å². The van der Waals surface area contributed by atoms with Crippen LogP contribution in [0.3, 0.4) is 0 Å². The van der Waals surface area contributed by atoms with Gasteiger partial charge in [-0.15, -0.1) is 0 Å². The third-order valence-corrected chi connectivity index (χ3v) is 2.72. The van der Waals surface area contributed by atoms with Crippen molar-refractivity contribution in [2.24, 2.45) is 5.92 Å². The van der Waals surface area contributed by atoms with Crippen LogP contribution in [0.4, 0.5) is 0 Å². The number of nitrogens with zero attached hydrogens (tertiary/aromatic N) is 1. The lowest BCUT2D eigenvalue weighted by atomic mass is 9.97. The minimum absolute atomic E-state index is 0.0643. The van der Waals surface area contributed by atoms with Crippen molar-refractivity contribution in [1.82, 2.24) is 10.2 Å². The maximum Gasteiger partial charge on any atom is 0.325 e. The molecule has 1 aliphatic heterocycles. The Balaban J connectivity index is 2.42. The van der Waals surface area contributed by atoms with Crippen LogP contribution in [0.2, 0.25) is 0 Å². The molecule has 0 aliphatic carbocycles. The fourth-order valence-corrected chi connectivity index (χ4v) is 1.77. The number of carboxylic acid groups (broad SMARTS) is 1. The molecule has 1 unspecified atom stereocenters. The third-order valence-electron chi connectivity index (χ3n) is 2.72. The smallest absolute Gasteiger partial charge is 0.325 e. The second-order valence-electron chi connectivity index (χ2n) is 4.17. The van der Waals surface area contributed by atoms with E-state index in [1.165, 1.54) is 6.92 Å². The van der Waals surface area contributed by atoms with E-state index in [-0.39, 0.29) is 11.8 Å². The average molecular weight is 214 g/mol. The van der Waals surface area contributed by atoms with Crippen molar-refractivity contribution in [3.63, 3.8) is 0 Å². The number of nitrogens with one attached hydrogen (secondary N) is 1. The van der Waals surface area contributed by atoms with Gasteiger partial charge in [-0.05, 0) is 33.4 Å². The average Bonchev–Trinajstić information content (AvgIpc) is 2.17. The number of carbonyl (C=O) groups excluding carboxylic acids is 1. The molecule has 1 rings (SSSR count). The van der Waals surface area contributed by atoms with Gasteiger partial charge in [0.2, 0.25) is 5.91 Å². The first-order chi connectivity index (χ1) is 7.00. The van der Waals surface area contributed by atoms with Crippen LogP contribution in [-0.4, -0.2) is 48.1 Å². The maximum absolute atomic E-state index is 11.7. The summed E-state index contributed by atoms with van der Waals surface area (Å²) in [5, 5.41) is 11.2. The normalized spacial score (nSPS) is 24.5. The number of hydrogen-bond acceptors (Lipinski definition) is 3. The molecule has 5 nitrogen and oxygen atoms in total. The molecule has 1 fully saturated rings. The summed E-state index contributed by atoms with van der Waals surface area (Å²) in [7, 11) is 1.97. The molecule has 0 bridgehead atoms. The SMILES string of the molecule is C[C@H](NC(=O)C1CCCN(C)C1)C(=O)O. The van der Waals surface area contributed by atoms with Gasteiger partial charge in [0, 0.05) is 6.54 Å². The minimum Gasteiger partial charge on any atom is -0.480 e. The van der Waals surface area contributed by atoms with Crippen LogP contribution in [0.1, 0.15) is 19.8 Å². The van der Waals surface area contributed by atoms with Gasteiger partial charge < -0.3 is 15.3 Å². The Hall–Kier alpha value is -1.10. The molecule has 0 radical (unpaired) electrons. The lowest BCUT2D eigenvalue weighted by Crippen LogP contribution is -2.46. The van der Waals surface area contributed by atoms with Crippen molar-refractivity contribution in [2.75, 3.05) is 20.1 Å². The second-order valence-corrected chi connectivity index (χ2v) is 4.17. The Bertz CT molecular complexity index is 255. The standard InChI is InChI=1S/C10H18N2O3/c1-7(10(14)15)11-9(13)8-4-3-5-12(2)6-8/h7-8H,3-6H2,1-2H3,(H,11,13)(H,14,15)/t7-,8?/m0/s1. The first kappa shape index (κ1) is 12.0. The van der Waals surface area contributed by atoms with Gasteiger partial charge in [0.05, 0.1) is 5.92 Å². The number of aliphatic carboxylic acids is 1. The Morgan fingerprint density at radius 1 is 1.53 bits per heavy atom. The maximum atomic E-state index is 11.7. The number of carbonyl (C=O) groups is 2. The van der Waals surface area contributed by atoms with E-state index in [0.717, 1.165) is 25.9 Å². The molecule has 1 heterocycles. The van der Waals surface area contributed by atoms with Gasteiger partial charge in [-0.3, -0.25) is 9.59 Å². The van der Waals surface area contributed by atoms with Crippen molar-refractivity contribution in [3.8, 4) is 0 Å². The lowest BCUT2D eigenvalue weighted by Gasteiger charge is -2.29. The Morgan fingerprint density at radius 3 is 2.73 bits per heavy atom. The second kappa shape index (κ2) is 5.11. The van der Waals surface area contributed by atoms with Crippen LogP contribution in [0.5, 0.6) is 0 Å². The number of likely N-dealkylation sites (tertiary alicyclic amines) is 1. The molecular weight excluding hydrogens is 196 g/mol. The molecule has 2 atom stereocenters. The first-order valence-corrected chi connectivity index (χ1v) is 5.22. The van der Waals surface area contributed by atoms with Gasteiger partial charge in [0.1, 0.15) is 6.04 Å². The van der Waals surface area contributed by atoms with Gasteiger partial charge in [0.25, 0.3) is 0 Å². The molecule has 15 heavy (non-hydrogen) atoms. The molecule has 2 N–H and O–H groups in total. The quantitative estimate of drug-likeness (QED) is 0.689. The fraction of sp³-hybridized carbons (Fsp3) is 0.800. The molecule has 5 heteroatoms. The summed E-state index contributed by atoms with van der Waals surface area (Å²) in [5.74, 6) is -1.20. The molecule has 0 aromatic heterocycles. The summed E-state index contributed by atoms with van der Waals surface area (Å²) in [6.07, 6.45) is 1.85. The first-order valence-electron chi connectivity index (χ1n) is 5.22. The Kier molecular flexibility index (Phi) is 4.08. The van der Waals surface area contributed by atoms with Gasteiger partial charge in [-0.1, -0.05) is 0 Å². The van der Waals surface area contributed by atoms with E-state index in [1.54, 1.807) is 0 Å². The highest BCUT2D eigenvalue weighted by atomic mass is 16.4. The molecule has 1 amide bonds. The van der Waals surface area contributed by atoms with Gasteiger partial charge in [0.15, 0.2) is 0 Å². The topological polar surface area (TPSA) is 69.6 Å². The highest BCUT2D eigenvalue weighted by molar-refractivity contribution is 5.84. The van der Waals surface area contributed by atoms with Crippen molar-refractivity contribution in [2.45, 2.75) is 25.8 Å². The molecular formula is C10H18N2O3. The van der Waals surface area contributed by atoms with Crippen LogP contribution < -0.4 is 5.32 Å². The Morgan fingerprint density at radius 2 is 2.20 bits per heavy atom. The zero-order valence-electron chi connectivity index (χ0n) is 9.19. The van der Waals surface area contributed by atoms with Crippen molar-refractivity contribution in [3.05, 3.63) is 0 Å². The molecule has 0 aromatic rings. The molecule has 0 aromatic carbocycles. The van der Waals surface area contributed by atoms with E-state index in [4.69, 9.17) is 5.11 Å². The van der Waals surface area contributed by atoms with Gasteiger partial charge in [-0.2, -0.15) is 0 Å². The fourth-order valence-electron chi connectivity index (χ4n) is 1.77. The highest BCUT2D eigenvalue weighted by Gasteiger charge is 2.25. The van der Waals surface area contributed by atoms with Crippen molar-refractivity contribution < 1.29 is 14.7 Å². The van der Waals surface area contributed by atoms with Crippen LogP contribution in [0.15, 0.2) is 0 Å². The van der Waals surface area contributed by atoms with Gasteiger partial charge in [-0.25, -0.2) is 0 Å². The number of rotatable bonds is 3. The predicted octanol–water partition coefficient (Wildman–Crippen LogP) is -0.0825. The third kappa shape index (κ3) is 3.51. The number of piperidine rings is 1. The lowest BCUT2D eigenvalue weighted by molar-refractivity contribution is -0.142. The molecule has 1 aliphatic rings. The number of hydrogen-bond donors (Lipinski definition) is 2. The monoisotopic (exact) mass is 214 g/mol. The Labute approximate surface area is 89.4 Å². The van der Waals surface area contributed by atoms with E-state index < -0.39 is 12.0 Å².